The Morgan fingerprint density at radius 2 is 2.05 bits per heavy atom. The zero-order valence-electron chi connectivity index (χ0n) is 12.0. The van der Waals surface area contributed by atoms with Gasteiger partial charge in [-0.05, 0) is 42.3 Å². The van der Waals surface area contributed by atoms with Crippen LogP contribution in [-0.2, 0) is 6.54 Å². The fraction of sp³-hybridized carbons (Fsp3) is 0.312. The van der Waals surface area contributed by atoms with E-state index in [1.54, 1.807) is 18.5 Å². The fourth-order valence-corrected chi connectivity index (χ4v) is 1.79. The molecule has 1 N–H and O–H groups in total. The summed E-state index contributed by atoms with van der Waals surface area (Å²) in [6, 6.07) is 6.82. The minimum Gasteiger partial charge on any atom is -0.455 e. The van der Waals surface area contributed by atoms with Crippen LogP contribution in [0.1, 0.15) is 25.0 Å². The van der Waals surface area contributed by atoms with E-state index in [-0.39, 0.29) is 5.82 Å². The average molecular weight is 274 g/mol. The third-order valence-corrected chi connectivity index (χ3v) is 2.85. The smallest absolute Gasteiger partial charge is 0.146 e. The van der Waals surface area contributed by atoms with Crippen molar-refractivity contribution in [2.24, 2.45) is 0 Å². The summed E-state index contributed by atoms with van der Waals surface area (Å²) in [6.07, 6.45) is 3.46. The first kappa shape index (κ1) is 14.5. The number of aromatic nitrogens is 1. The van der Waals surface area contributed by atoms with E-state index in [9.17, 15) is 4.39 Å². The maximum Gasteiger partial charge on any atom is 0.146 e. The van der Waals surface area contributed by atoms with Crippen molar-refractivity contribution in [1.29, 1.82) is 0 Å². The van der Waals surface area contributed by atoms with Crippen molar-refractivity contribution in [3.05, 3.63) is 53.6 Å². The van der Waals surface area contributed by atoms with Crippen molar-refractivity contribution in [2.75, 3.05) is 0 Å². The van der Waals surface area contributed by atoms with Crippen LogP contribution in [-0.4, -0.2) is 11.0 Å². The standard InChI is InChI=1S/C16H19FN2O/c1-11(2)19-9-13-7-15(10-18-8-13)20-16-5-4-14(17)6-12(16)3/h4-8,10-11,19H,9H2,1-3H3. The molecule has 0 radical (unpaired) electrons. The van der Waals surface area contributed by atoms with Crippen LogP contribution in [0.2, 0.25) is 0 Å². The molecule has 2 rings (SSSR count). The molecule has 4 heteroatoms. The molecular weight excluding hydrogens is 255 g/mol. The average Bonchev–Trinajstić information content (AvgIpc) is 2.40. The zero-order chi connectivity index (χ0) is 14.5. The third kappa shape index (κ3) is 4.03. The van der Waals surface area contributed by atoms with Crippen LogP contribution in [0.3, 0.4) is 0 Å². The summed E-state index contributed by atoms with van der Waals surface area (Å²) >= 11 is 0. The molecule has 106 valence electrons. The first-order valence-corrected chi connectivity index (χ1v) is 6.66. The number of halogens is 1. The highest BCUT2D eigenvalue weighted by molar-refractivity contribution is 5.37. The second-order valence-corrected chi connectivity index (χ2v) is 5.08. The van der Waals surface area contributed by atoms with Gasteiger partial charge < -0.3 is 10.1 Å². The molecule has 20 heavy (non-hydrogen) atoms. The molecule has 0 amide bonds. The Balaban J connectivity index is 2.11. The van der Waals surface area contributed by atoms with E-state index in [1.807, 2.05) is 13.0 Å². The lowest BCUT2D eigenvalue weighted by Gasteiger charge is -2.11. The lowest BCUT2D eigenvalue weighted by Crippen LogP contribution is -2.21. The van der Waals surface area contributed by atoms with Gasteiger partial charge in [0.25, 0.3) is 0 Å². The van der Waals surface area contributed by atoms with Gasteiger partial charge >= 0.3 is 0 Å². The van der Waals surface area contributed by atoms with Gasteiger partial charge in [-0.1, -0.05) is 13.8 Å². The summed E-state index contributed by atoms with van der Waals surface area (Å²) in [7, 11) is 0. The Morgan fingerprint density at radius 3 is 2.75 bits per heavy atom. The van der Waals surface area contributed by atoms with Gasteiger partial charge in [0.2, 0.25) is 0 Å². The van der Waals surface area contributed by atoms with Crippen LogP contribution in [0.15, 0.2) is 36.7 Å². The largest absolute Gasteiger partial charge is 0.455 e. The normalized spacial score (nSPS) is 10.8. The van der Waals surface area contributed by atoms with E-state index < -0.39 is 0 Å². The van der Waals surface area contributed by atoms with Gasteiger partial charge in [-0.3, -0.25) is 4.98 Å². The van der Waals surface area contributed by atoms with Crippen LogP contribution in [0.25, 0.3) is 0 Å². The molecule has 0 saturated carbocycles. The predicted molar refractivity (Wildman–Crippen MR) is 77.4 cm³/mol. The minimum absolute atomic E-state index is 0.261. The van der Waals surface area contributed by atoms with Gasteiger partial charge in [0.05, 0.1) is 6.20 Å². The SMILES string of the molecule is Cc1cc(F)ccc1Oc1cncc(CNC(C)C)c1. The second-order valence-electron chi connectivity index (χ2n) is 5.08. The molecule has 0 atom stereocenters. The fourth-order valence-electron chi connectivity index (χ4n) is 1.79. The zero-order valence-corrected chi connectivity index (χ0v) is 12.0. The highest BCUT2D eigenvalue weighted by Gasteiger charge is 2.04. The van der Waals surface area contributed by atoms with Crippen LogP contribution >= 0.6 is 0 Å². The summed E-state index contributed by atoms with van der Waals surface area (Å²) in [5, 5.41) is 3.33. The van der Waals surface area contributed by atoms with Gasteiger partial charge in [0.15, 0.2) is 0 Å². The number of nitrogens with one attached hydrogen (secondary N) is 1. The molecule has 0 aliphatic rings. The summed E-state index contributed by atoms with van der Waals surface area (Å²) in [5.41, 5.74) is 1.81. The van der Waals surface area contributed by atoms with Gasteiger partial charge in [-0.2, -0.15) is 0 Å². The molecule has 2 aromatic rings. The van der Waals surface area contributed by atoms with E-state index in [1.165, 1.54) is 12.1 Å². The second kappa shape index (κ2) is 6.48. The van der Waals surface area contributed by atoms with Crippen molar-refractivity contribution < 1.29 is 9.13 Å². The number of ether oxygens (including phenoxy) is 1. The number of benzene rings is 1. The number of aryl methyl sites for hydroxylation is 1. The van der Waals surface area contributed by atoms with Crippen molar-refractivity contribution in [1.82, 2.24) is 10.3 Å². The first-order chi connectivity index (χ1) is 9.54. The molecule has 0 unspecified atom stereocenters. The Labute approximate surface area is 118 Å². The molecule has 0 aliphatic heterocycles. The molecule has 0 saturated heterocycles. The van der Waals surface area contributed by atoms with Gasteiger partial charge in [0, 0.05) is 18.8 Å². The van der Waals surface area contributed by atoms with Crippen LogP contribution < -0.4 is 10.1 Å². The summed E-state index contributed by atoms with van der Waals surface area (Å²) in [5.74, 6) is 1.03. The monoisotopic (exact) mass is 274 g/mol. The number of rotatable bonds is 5. The maximum absolute atomic E-state index is 13.1. The van der Waals surface area contributed by atoms with Gasteiger partial charge in [-0.25, -0.2) is 4.39 Å². The van der Waals surface area contributed by atoms with E-state index in [4.69, 9.17) is 4.74 Å². The van der Waals surface area contributed by atoms with E-state index in [0.29, 0.717) is 17.5 Å². The van der Waals surface area contributed by atoms with E-state index in [2.05, 4.69) is 24.1 Å². The Kier molecular flexibility index (Phi) is 4.69. The topological polar surface area (TPSA) is 34.1 Å². The molecule has 0 aliphatic carbocycles. The minimum atomic E-state index is -0.261. The number of hydrogen-bond acceptors (Lipinski definition) is 3. The number of hydrogen-bond donors (Lipinski definition) is 1. The first-order valence-electron chi connectivity index (χ1n) is 6.66. The molecule has 0 spiro atoms. The number of pyridine rings is 1. The quantitative estimate of drug-likeness (QED) is 0.900. The lowest BCUT2D eigenvalue weighted by molar-refractivity contribution is 0.472. The highest BCUT2D eigenvalue weighted by atomic mass is 19.1. The molecule has 3 nitrogen and oxygen atoms in total. The Morgan fingerprint density at radius 1 is 1.25 bits per heavy atom. The van der Waals surface area contributed by atoms with E-state index in [0.717, 1.165) is 17.7 Å². The summed E-state index contributed by atoms with van der Waals surface area (Å²) < 4.78 is 18.8. The highest BCUT2D eigenvalue weighted by Crippen LogP contribution is 2.25. The molecule has 0 bridgehead atoms. The number of nitrogens with zero attached hydrogens (tertiary/aromatic N) is 1. The van der Waals surface area contributed by atoms with Crippen molar-refractivity contribution >= 4 is 0 Å². The van der Waals surface area contributed by atoms with Crippen molar-refractivity contribution in [2.45, 2.75) is 33.4 Å². The lowest BCUT2D eigenvalue weighted by atomic mass is 10.2. The van der Waals surface area contributed by atoms with Crippen molar-refractivity contribution in [3.8, 4) is 11.5 Å². The Bertz CT molecular complexity index is 584. The third-order valence-electron chi connectivity index (χ3n) is 2.85. The Hall–Kier alpha value is -1.94. The van der Waals surface area contributed by atoms with Gasteiger partial charge in [-0.15, -0.1) is 0 Å². The van der Waals surface area contributed by atoms with Crippen LogP contribution in [0.5, 0.6) is 11.5 Å². The van der Waals surface area contributed by atoms with Crippen LogP contribution in [0.4, 0.5) is 4.39 Å². The maximum atomic E-state index is 13.1. The summed E-state index contributed by atoms with van der Waals surface area (Å²) in [6.45, 7) is 6.74. The molecular formula is C16H19FN2O. The van der Waals surface area contributed by atoms with Gasteiger partial charge in [0.1, 0.15) is 17.3 Å². The summed E-state index contributed by atoms with van der Waals surface area (Å²) in [4.78, 5) is 4.17. The molecule has 1 aromatic heterocycles. The predicted octanol–water partition coefficient (Wildman–Crippen LogP) is 3.82. The molecule has 1 aromatic carbocycles. The van der Waals surface area contributed by atoms with Crippen LogP contribution in [0, 0.1) is 12.7 Å². The molecule has 1 heterocycles. The molecule has 0 fully saturated rings. The van der Waals surface area contributed by atoms with Crippen molar-refractivity contribution in [3.63, 3.8) is 0 Å². The van der Waals surface area contributed by atoms with E-state index >= 15 is 0 Å².